The van der Waals surface area contributed by atoms with Gasteiger partial charge in [-0.3, -0.25) is 0 Å². The van der Waals surface area contributed by atoms with E-state index in [1.165, 1.54) is 79.6 Å². The Morgan fingerprint density at radius 3 is 2.19 bits per heavy atom. The van der Waals surface area contributed by atoms with E-state index in [1.807, 2.05) is 0 Å². The van der Waals surface area contributed by atoms with Crippen LogP contribution in [-0.4, -0.2) is 11.1 Å². The number of anilines is 1. The summed E-state index contributed by atoms with van der Waals surface area (Å²) in [4.78, 5) is 5.68. The van der Waals surface area contributed by atoms with Crippen molar-refractivity contribution in [1.29, 1.82) is 0 Å². The second-order valence-corrected chi connectivity index (χ2v) is 10.6. The molecule has 2 aromatic rings. The Bertz CT molecular complexity index is 1020. The highest BCUT2D eigenvalue weighted by molar-refractivity contribution is 5.83. The highest BCUT2D eigenvalue weighted by atomic mass is 15.5. The minimum absolute atomic E-state index is 0.106. The van der Waals surface area contributed by atoms with Gasteiger partial charge in [0.25, 0.3) is 0 Å². The molecule has 2 aromatic carbocycles. The number of nitrogens with zero attached hydrogens (tertiary/aromatic N) is 2. The number of para-hydroxylation sites is 1. The summed E-state index contributed by atoms with van der Waals surface area (Å²) in [5, 5.41) is 0. The summed E-state index contributed by atoms with van der Waals surface area (Å²) < 4.78 is 0. The van der Waals surface area contributed by atoms with Crippen LogP contribution >= 0.6 is 0 Å². The van der Waals surface area contributed by atoms with Gasteiger partial charge in [-0.15, -0.1) is 0 Å². The first-order valence-corrected chi connectivity index (χ1v) is 12.6. The van der Waals surface area contributed by atoms with Gasteiger partial charge < -0.3 is 9.80 Å². The molecular formula is C29H36N2. The van der Waals surface area contributed by atoms with Crippen LogP contribution in [0.4, 0.5) is 5.69 Å². The molecule has 2 aliphatic carbocycles. The largest absolute Gasteiger partial charge is 0.339 e. The normalized spacial score (nSPS) is 28.7. The molecule has 2 atom stereocenters. The third-order valence-electron chi connectivity index (χ3n) is 9.05. The molecule has 0 bridgehead atoms. The summed E-state index contributed by atoms with van der Waals surface area (Å²) in [6, 6.07) is 18.4. The number of aryl methyl sites for hydroxylation is 1. The van der Waals surface area contributed by atoms with Crippen LogP contribution < -0.4 is 4.90 Å². The maximum absolute atomic E-state index is 2.94. The fourth-order valence-corrected chi connectivity index (χ4v) is 7.57. The van der Waals surface area contributed by atoms with Crippen LogP contribution in [0.3, 0.4) is 0 Å². The summed E-state index contributed by atoms with van der Waals surface area (Å²) in [6.07, 6.45) is 11.5. The molecule has 2 aliphatic heterocycles. The molecule has 2 saturated carbocycles. The van der Waals surface area contributed by atoms with Crippen molar-refractivity contribution in [3.05, 3.63) is 70.9 Å². The fraction of sp³-hybridized carbons (Fsp3) is 0.517. The number of hydrogen-bond donors (Lipinski definition) is 0. The Morgan fingerprint density at radius 1 is 0.806 bits per heavy atom. The predicted molar refractivity (Wildman–Crippen MR) is 130 cm³/mol. The average Bonchev–Trinajstić information content (AvgIpc) is 3.56. The third kappa shape index (κ3) is 2.63. The molecule has 0 radical (unpaired) electrons. The molecule has 162 valence electrons. The number of rotatable bonds is 3. The standard InChI is InChI=1S/C29H36N2/c1-20-12-4-11-19-26(20)30-21(2)27-24-17-9-10-18-25(24)29(3,23-15-7-8-16-23)31(27)28(30)22-13-5-6-14-22/h4,9-12,17-19,22-23,28H,5-8,13-16H2,1-3H3. The van der Waals surface area contributed by atoms with Crippen molar-refractivity contribution < 1.29 is 0 Å². The summed E-state index contributed by atoms with van der Waals surface area (Å²) in [7, 11) is 0. The van der Waals surface area contributed by atoms with Crippen molar-refractivity contribution in [2.24, 2.45) is 11.8 Å². The van der Waals surface area contributed by atoms with E-state index in [0.717, 1.165) is 11.8 Å². The number of hydrogen-bond acceptors (Lipinski definition) is 2. The second kappa shape index (κ2) is 7.15. The van der Waals surface area contributed by atoms with E-state index in [0.29, 0.717) is 6.17 Å². The molecule has 0 N–H and O–H groups in total. The van der Waals surface area contributed by atoms with E-state index >= 15 is 0 Å². The van der Waals surface area contributed by atoms with Gasteiger partial charge in [0.05, 0.1) is 11.2 Å². The minimum atomic E-state index is 0.106. The Hall–Kier alpha value is -2.22. The van der Waals surface area contributed by atoms with Crippen LogP contribution in [0.2, 0.25) is 0 Å². The molecule has 0 amide bonds. The molecule has 2 fully saturated rings. The zero-order valence-electron chi connectivity index (χ0n) is 19.4. The molecule has 2 unspecified atom stereocenters. The molecule has 31 heavy (non-hydrogen) atoms. The van der Waals surface area contributed by atoms with Crippen LogP contribution in [0, 0.1) is 18.8 Å². The van der Waals surface area contributed by atoms with E-state index in [-0.39, 0.29) is 5.54 Å². The van der Waals surface area contributed by atoms with Gasteiger partial charge in [0.2, 0.25) is 0 Å². The first-order valence-electron chi connectivity index (χ1n) is 12.6. The summed E-state index contributed by atoms with van der Waals surface area (Å²) >= 11 is 0. The van der Waals surface area contributed by atoms with Gasteiger partial charge in [0.1, 0.15) is 6.17 Å². The lowest BCUT2D eigenvalue weighted by Gasteiger charge is -2.48. The molecular weight excluding hydrogens is 376 g/mol. The Kier molecular flexibility index (Phi) is 4.49. The number of benzene rings is 2. The van der Waals surface area contributed by atoms with Gasteiger partial charge in [0.15, 0.2) is 0 Å². The zero-order valence-corrected chi connectivity index (χ0v) is 19.4. The van der Waals surface area contributed by atoms with E-state index < -0.39 is 0 Å². The first-order chi connectivity index (χ1) is 15.1. The van der Waals surface area contributed by atoms with Crippen molar-refractivity contribution in [3.63, 3.8) is 0 Å². The second-order valence-electron chi connectivity index (χ2n) is 10.6. The van der Waals surface area contributed by atoms with Gasteiger partial charge >= 0.3 is 0 Å². The van der Waals surface area contributed by atoms with E-state index in [1.54, 1.807) is 5.56 Å². The summed E-state index contributed by atoms with van der Waals surface area (Å²) in [5.41, 5.74) is 8.96. The lowest BCUT2D eigenvalue weighted by atomic mass is 9.77. The Labute approximate surface area is 187 Å². The quantitative estimate of drug-likeness (QED) is 0.517. The van der Waals surface area contributed by atoms with Crippen molar-refractivity contribution >= 4 is 11.4 Å². The first kappa shape index (κ1) is 19.5. The van der Waals surface area contributed by atoms with Gasteiger partial charge in [-0.1, -0.05) is 68.1 Å². The topological polar surface area (TPSA) is 6.48 Å². The molecule has 6 rings (SSSR count). The van der Waals surface area contributed by atoms with Crippen LogP contribution in [0.25, 0.3) is 5.70 Å². The third-order valence-corrected chi connectivity index (χ3v) is 9.05. The lowest BCUT2D eigenvalue weighted by Crippen LogP contribution is -2.54. The van der Waals surface area contributed by atoms with Crippen molar-refractivity contribution in [2.45, 2.75) is 83.8 Å². The maximum atomic E-state index is 2.94. The van der Waals surface area contributed by atoms with Gasteiger partial charge in [-0.25, -0.2) is 0 Å². The maximum Gasteiger partial charge on any atom is 0.110 e. The number of fused-ring (bicyclic) bond motifs is 3. The van der Waals surface area contributed by atoms with Crippen LogP contribution in [0.15, 0.2) is 54.2 Å². The molecule has 2 nitrogen and oxygen atoms in total. The molecule has 2 heteroatoms. The van der Waals surface area contributed by atoms with Crippen molar-refractivity contribution in [3.8, 4) is 0 Å². The molecule has 0 aromatic heterocycles. The SMILES string of the molecule is CC1=C2c3ccccc3C(C)(C3CCCC3)N2C(C2CCCC2)N1c1ccccc1C. The van der Waals surface area contributed by atoms with Crippen LogP contribution in [0.1, 0.15) is 81.9 Å². The lowest BCUT2D eigenvalue weighted by molar-refractivity contribution is 0.0613. The molecule has 4 aliphatic rings. The fourth-order valence-electron chi connectivity index (χ4n) is 7.57. The number of allylic oxidation sites excluding steroid dienone is 1. The summed E-state index contributed by atoms with van der Waals surface area (Å²) in [5.74, 6) is 1.49. The minimum Gasteiger partial charge on any atom is -0.339 e. The zero-order chi connectivity index (χ0) is 21.2. The van der Waals surface area contributed by atoms with Crippen LogP contribution in [-0.2, 0) is 5.54 Å². The van der Waals surface area contributed by atoms with E-state index in [4.69, 9.17) is 0 Å². The smallest absolute Gasteiger partial charge is 0.110 e. The molecule has 2 heterocycles. The van der Waals surface area contributed by atoms with E-state index in [9.17, 15) is 0 Å². The summed E-state index contributed by atoms with van der Waals surface area (Å²) in [6.45, 7) is 7.26. The van der Waals surface area contributed by atoms with Crippen LogP contribution in [0.5, 0.6) is 0 Å². The Balaban J connectivity index is 1.59. The monoisotopic (exact) mass is 412 g/mol. The van der Waals surface area contributed by atoms with Crippen molar-refractivity contribution in [2.75, 3.05) is 4.90 Å². The molecule has 0 saturated heterocycles. The highest BCUT2D eigenvalue weighted by Gasteiger charge is 2.58. The van der Waals surface area contributed by atoms with Gasteiger partial charge in [0, 0.05) is 16.9 Å². The van der Waals surface area contributed by atoms with Gasteiger partial charge in [-0.05, 0) is 75.5 Å². The van der Waals surface area contributed by atoms with Gasteiger partial charge in [-0.2, -0.15) is 0 Å². The van der Waals surface area contributed by atoms with Crippen molar-refractivity contribution in [1.82, 2.24) is 4.90 Å². The van der Waals surface area contributed by atoms with E-state index in [2.05, 4.69) is 79.1 Å². The predicted octanol–water partition coefficient (Wildman–Crippen LogP) is 7.44. The Morgan fingerprint density at radius 2 is 1.45 bits per heavy atom. The molecule has 0 spiro atoms. The average molecular weight is 413 g/mol. The highest BCUT2D eigenvalue weighted by Crippen LogP contribution is 2.60.